The van der Waals surface area contributed by atoms with E-state index in [1.807, 2.05) is 0 Å². The molecule has 9 nitrogen and oxygen atoms in total. The van der Waals surface area contributed by atoms with Gasteiger partial charge in [-0.1, -0.05) is 236 Å². The summed E-state index contributed by atoms with van der Waals surface area (Å²) in [5.41, 5.74) is 8.54. The number of nitrogens with one attached hydrogen (secondary N) is 2. The zero-order valence-corrected chi connectivity index (χ0v) is 52.3. The number of nitrogens with zero attached hydrogens (tertiary/aromatic N) is 3. The Hall–Kier alpha value is 3.81. The molecule has 12 heteroatoms. The van der Waals surface area contributed by atoms with Crippen molar-refractivity contribution in [3.8, 4) is 0 Å². The molecule has 60 heavy (non-hydrogen) atoms. The van der Waals surface area contributed by atoms with Crippen molar-refractivity contribution in [2.75, 3.05) is 52.4 Å². The van der Waals surface area contributed by atoms with Crippen LogP contribution in [-0.4, -0.2) is 65.0 Å². The summed E-state index contributed by atoms with van der Waals surface area (Å²) in [5.74, 6) is 0. The van der Waals surface area contributed by atoms with E-state index in [9.17, 15) is 0 Å². The second-order valence-electron chi connectivity index (χ2n) is 23.0. The predicted octanol–water partition coefficient (Wildman–Crippen LogP) is 9.05. The average Bonchev–Trinajstić information content (AvgIpc) is 2.72. The molecule has 0 radical (unpaired) electrons. The second-order valence-corrected chi connectivity index (χ2v) is 23.0. The van der Waals surface area contributed by atoms with E-state index >= 15 is 0 Å². The summed E-state index contributed by atoms with van der Waals surface area (Å²) < 4.78 is 11.6. The number of carbonyl (C=O) groups excluding carboxylic acids is 2. The van der Waals surface area contributed by atoms with Crippen molar-refractivity contribution in [3.63, 3.8) is 0 Å². The molecule has 0 saturated carbocycles. The summed E-state index contributed by atoms with van der Waals surface area (Å²) in [6, 6.07) is 0. The Kier molecular flexibility index (Phi) is 93.7. The zero-order valence-electron chi connectivity index (χ0n) is 45.0. The van der Waals surface area contributed by atoms with E-state index in [4.69, 9.17) is 18.1 Å². The number of hydrogen-bond acceptors (Lipinski definition) is 3. The molecule has 0 aromatic heterocycles. The van der Waals surface area contributed by atoms with E-state index in [2.05, 4.69) is 187 Å². The minimum Gasteiger partial charge on any atom is -0.693 e. The van der Waals surface area contributed by atoms with Crippen molar-refractivity contribution >= 4 is 12.6 Å². The maximum atomic E-state index is 9.11. The van der Waals surface area contributed by atoms with Gasteiger partial charge in [0.25, 0.3) is 0 Å². The average molecular weight is 946 g/mol. The van der Waals surface area contributed by atoms with Crippen LogP contribution in [0.3, 0.4) is 0 Å². The standard InChI is InChI=1S/C10H23N.3C10H22N.C2H4O.CH3NO.5CH4.3K.2H2N/c4*1-9(2,3)7-11-8-10(4,5)6;1-2-3;2-1-3;;;;;;;;;;/h11H,7-8H2,1-6H3;3*7-8H2,1-6H3;2H,1H3;1H,(H2,2,3);5*1H4;;;;2*1H2/q;3*-1;;;;;;;;3*+1;2*-1/p-1/i;;;;2D;1D;;;;;;;;;;. The van der Waals surface area contributed by atoms with Crippen molar-refractivity contribution in [2.24, 2.45) is 43.3 Å². The Morgan fingerprint density at radius 1 is 0.400 bits per heavy atom. The first-order valence-corrected chi connectivity index (χ1v) is 18.6. The third-order valence-electron chi connectivity index (χ3n) is 4.83. The van der Waals surface area contributed by atoms with Gasteiger partial charge in [0.2, 0.25) is 0 Å². The number of rotatable bonds is 8. The summed E-state index contributed by atoms with van der Waals surface area (Å²) in [5, 5.41) is 17.0. The van der Waals surface area contributed by atoms with Crippen molar-refractivity contribution in [1.82, 2.24) is 5.32 Å². The largest absolute Gasteiger partial charge is 1.00 e. The minimum absolute atomic E-state index is 0. The Labute approximate surface area is 516 Å². The van der Waals surface area contributed by atoms with E-state index < -0.39 is 12.6 Å². The van der Waals surface area contributed by atoms with E-state index in [0.717, 1.165) is 52.4 Å². The third kappa shape index (κ3) is 178. The topological polar surface area (TPSA) is 179 Å². The summed E-state index contributed by atoms with van der Waals surface area (Å²) in [7, 11) is 0. The molecule has 0 rings (SSSR count). The van der Waals surface area contributed by atoms with E-state index in [1.54, 1.807) is 0 Å². The molecule has 0 unspecified atom stereocenters. The van der Waals surface area contributed by atoms with Gasteiger partial charge in [0.05, 0.1) is 1.37 Å². The Balaban J connectivity index is -0.0000000292. The molecule has 0 saturated heterocycles. The van der Waals surface area contributed by atoms with Crippen LogP contribution in [0.2, 0.25) is 0 Å². The molecule has 1 amide bonds. The van der Waals surface area contributed by atoms with E-state index in [-0.39, 0.29) is 204 Å². The number of carbonyl (C=O) groups is 2. The maximum absolute atomic E-state index is 9.11. The molecule has 0 aromatic rings. The van der Waals surface area contributed by atoms with Crippen molar-refractivity contribution in [2.45, 2.75) is 210 Å². The molecular formula is C48H119K3N7O2-3. The van der Waals surface area contributed by atoms with Gasteiger partial charge in [-0.3, -0.25) is 0 Å². The van der Waals surface area contributed by atoms with Gasteiger partial charge in [0.1, 0.15) is 7.63 Å². The van der Waals surface area contributed by atoms with Crippen LogP contribution in [0.25, 0.3) is 34.0 Å². The first kappa shape index (κ1) is 101. The molecule has 0 bridgehead atoms. The molecule has 0 spiro atoms. The van der Waals surface area contributed by atoms with Gasteiger partial charge >= 0.3 is 154 Å². The van der Waals surface area contributed by atoms with Crippen LogP contribution >= 0.6 is 0 Å². The maximum Gasteiger partial charge on any atom is 1.00 e. The number of hydrogen-bond donors (Lipinski definition) is 1. The fraction of sp³-hybridized carbons (Fsp3) is 0.958. The summed E-state index contributed by atoms with van der Waals surface area (Å²) in [6.07, 6.45) is -1.92. The molecule has 0 aliphatic carbocycles. The van der Waals surface area contributed by atoms with Crippen LogP contribution in [0.5, 0.6) is 0 Å². The predicted molar refractivity (Wildman–Crippen MR) is 274 cm³/mol. The Morgan fingerprint density at radius 2 is 0.500 bits per heavy atom. The summed E-state index contributed by atoms with van der Waals surface area (Å²) in [6.45, 7) is 62.8. The van der Waals surface area contributed by atoms with Crippen LogP contribution in [0.15, 0.2) is 0 Å². The second kappa shape index (κ2) is 55.4. The van der Waals surface area contributed by atoms with Gasteiger partial charge in [-0.2, -0.15) is 0 Å². The van der Waals surface area contributed by atoms with Crippen LogP contribution in [-0.2, 0) is 9.59 Å². The van der Waals surface area contributed by atoms with E-state index in [1.165, 1.54) is 6.92 Å². The van der Waals surface area contributed by atoms with Crippen LogP contribution in [0.1, 0.15) is 213 Å². The van der Waals surface area contributed by atoms with Gasteiger partial charge in [0.15, 0.2) is 0 Å². The third-order valence-corrected chi connectivity index (χ3v) is 4.83. The smallest absolute Gasteiger partial charge is 0.693 e. The van der Waals surface area contributed by atoms with Gasteiger partial charge in [-0.05, 0) is 17.8 Å². The van der Waals surface area contributed by atoms with Crippen molar-refractivity contribution < 1.29 is 166 Å². The molecule has 0 aromatic carbocycles. The minimum atomic E-state index is -1.33. The number of aldehydes is 1. The van der Waals surface area contributed by atoms with E-state index in [0.29, 0.717) is 43.3 Å². The monoisotopic (exact) mass is 945 g/mol. The van der Waals surface area contributed by atoms with Crippen molar-refractivity contribution in [1.29, 1.82) is 0 Å². The Bertz CT molecular complexity index is 681. The fourth-order valence-corrected chi connectivity index (χ4v) is 2.99. The fourth-order valence-electron chi connectivity index (χ4n) is 2.99. The van der Waals surface area contributed by atoms with Crippen molar-refractivity contribution in [3.05, 3.63) is 34.0 Å². The molecule has 0 aliphatic heterocycles. The van der Waals surface area contributed by atoms with Gasteiger partial charge in [-0.25, -0.2) is 0 Å². The number of amides is 1. The molecule has 0 aliphatic rings. The van der Waals surface area contributed by atoms with Crippen LogP contribution in [0, 0.1) is 43.3 Å². The zero-order chi connectivity index (χ0) is 43.6. The SMILES string of the molecule is C.C.C.C.C.CC(C)(C)CNCC(C)(C)C.CC(C)(C)C[N-]CC(C)(C)C.CC(C)(C)C[N-]CC(C)(C)C.CC(C)(C)C[N-]CC(C)(C)C.[2H]C(C)=O.[2H]C([NH-])=O.[K+].[K+].[K+].[NH2-].[NH2-]. The molecule has 0 heterocycles. The van der Waals surface area contributed by atoms with Crippen LogP contribution < -0.4 is 159 Å². The quantitative estimate of drug-likeness (QED) is 0.189. The molecule has 364 valence electrons. The molecular weight excluding hydrogens is 824 g/mol. The van der Waals surface area contributed by atoms with Gasteiger partial charge in [-0.15, -0.1) is 39.3 Å². The molecule has 0 atom stereocenters. The van der Waals surface area contributed by atoms with Gasteiger partial charge < -0.3 is 48.9 Å². The summed E-state index contributed by atoms with van der Waals surface area (Å²) >= 11 is 0. The summed E-state index contributed by atoms with van der Waals surface area (Å²) in [4.78, 5) is 17.9. The normalized spacial score (nSPS) is 10.9. The molecule has 6 N–H and O–H groups in total. The molecule has 0 fully saturated rings. The first-order valence-electron chi connectivity index (χ1n) is 19.6. The Morgan fingerprint density at radius 3 is 0.567 bits per heavy atom. The first-order chi connectivity index (χ1) is 22.3. The van der Waals surface area contributed by atoms with Crippen LogP contribution in [0.4, 0.5) is 0 Å². The van der Waals surface area contributed by atoms with Gasteiger partial charge in [0, 0.05) is 19.5 Å². The number of nitrogens with two attached hydrogens (primary N) is 2.